The molecule has 0 radical (unpaired) electrons. The smallest absolute Gasteiger partial charge is 0.154 e. The molecule has 17 heavy (non-hydrogen) atoms. The second-order valence-electron chi connectivity index (χ2n) is 4.12. The molecule has 0 bridgehead atoms. The van der Waals surface area contributed by atoms with Crippen LogP contribution in [0.5, 0.6) is 0 Å². The molecule has 1 aromatic heterocycles. The van der Waals surface area contributed by atoms with Crippen molar-refractivity contribution in [1.29, 1.82) is 0 Å². The number of hydrogen-bond donors (Lipinski definition) is 1. The quantitative estimate of drug-likeness (QED) is 0.738. The average Bonchev–Trinajstić information content (AvgIpc) is 2.28. The maximum absolute atomic E-state index is 5.46. The molecular weight excluding hydrogens is 214 g/mol. The van der Waals surface area contributed by atoms with Crippen molar-refractivity contribution in [3.8, 4) is 0 Å². The van der Waals surface area contributed by atoms with Crippen molar-refractivity contribution in [2.24, 2.45) is 0 Å². The topological polar surface area (TPSA) is 47.0 Å². The Morgan fingerprint density at radius 2 is 1.76 bits per heavy atom. The van der Waals surface area contributed by atoms with E-state index in [-0.39, 0.29) is 0 Å². The normalized spacial score (nSPS) is 10.8. The van der Waals surface area contributed by atoms with Crippen molar-refractivity contribution < 1.29 is 4.74 Å². The second-order valence-corrected chi connectivity index (χ2v) is 4.12. The summed E-state index contributed by atoms with van der Waals surface area (Å²) < 4.78 is 5.46. The highest BCUT2D eigenvalue weighted by Crippen LogP contribution is 2.10. The van der Waals surface area contributed by atoms with Crippen LogP contribution in [0.15, 0.2) is 0 Å². The molecule has 4 nitrogen and oxygen atoms in total. The first kappa shape index (κ1) is 14.1. The van der Waals surface area contributed by atoms with Gasteiger partial charge in [-0.15, -0.1) is 0 Å². The molecule has 0 aliphatic heterocycles. The summed E-state index contributed by atoms with van der Waals surface area (Å²) >= 11 is 0. The third kappa shape index (κ3) is 4.40. The number of aromatic nitrogens is 2. The summed E-state index contributed by atoms with van der Waals surface area (Å²) in [7, 11) is 0. The standard InChI is InChI=1S/C13H23N3O/c1-5-7-17-9-13-15-10(3)12(8-14-6-2)11(4)16-13/h14H,5-9H2,1-4H3. The Hall–Kier alpha value is -1.00. The lowest BCUT2D eigenvalue weighted by molar-refractivity contribution is 0.116. The van der Waals surface area contributed by atoms with Crippen molar-refractivity contribution in [2.45, 2.75) is 47.3 Å². The van der Waals surface area contributed by atoms with Crippen molar-refractivity contribution in [1.82, 2.24) is 15.3 Å². The number of ether oxygens (including phenoxy) is 1. The number of nitrogens with one attached hydrogen (secondary N) is 1. The van der Waals surface area contributed by atoms with Crippen molar-refractivity contribution in [3.05, 3.63) is 22.8 Å². The molecule has 0 spiro atoms. The van der Waals surface area contributed by atoms with Gasteiger partial charge in [0.15, 0.2) is 5.82 Å². The molecule has 96 valence electrons. The van der Waals surface area contributed by atoms with E-state index in [1.54, 1.807) is 0 Å². The summed E-state index contributed by atoms with van der Waals surface area (Å²) in [5.41, 5.74) is 3.30. The Morgan fingerprint density at radius 1 is 1.12 bits per heavy atom. The van der Waals surface area contributed by atoms with Gasteiger partial charge >= 0.3 is 0 Å². The van der Waals surface area contributed by atoms with E-state index in [0.717, 1.165) is 43.3 Å². The van der Waals surface area contributed by atoms with E-state index < -0.39 is 0 Å². The van der Waals surface area contributed by atoms with Crippen LogP contribution in [-0.2, 0) is 17.9 Å². The molecule has 0 aromatic carbocycles. The minimum atomic E-state index is 0.511. The van der Waals surface area contributed by atoms with E-state index in [0.29, 0.717) is 6.61 Å². The lowest BCUT2D eigenvalue weighted by Gasteiger charge is -2.11. The van der Waals surface area contributed by atoms with E-state index in [4.69, 9.17) is 4.74 Å². The summed E-state index contributed by atoms with van der Waals surface area (Å²) in [6.45, 7) is 11.3. The molecule has 0 atom stereocenters. The molecule has 1 N–H and O–H groups in total. The molecule has 0 unspecified atom stereocenters. The van der Waals surface area contributed by atoms with Gasteiger partial charge in [-0.25, -0.2) is 9.97 Å². The molecule has 0 saturated heterocycles. The van der Waals surface area contributed by atoms with Crippen LogP contribution in [0.1, 0.15) is 43.0 Å². The average molecular weight is 237 g/mol. The summed E-state index contributed by atoms with van der Waals surface area (Å²) in [6.07, 6.45) is 1.02. The zero-order valence-electron chi connectivity index (χ0n) is 11.3. The fraction of sp³-hybridized carbons (Fsp3) is 0.692. The Kier molecular flexibility index (Phi) is 6.08. The molecule has 0 aliphatic carbocycles. The maximum atomic E-state index is 5.46. The van der Waals surface area contributed by atoms with Gasteiger partial charge in [0, 0.05) is 30.1 Å². The van der Waals surface area contributed by atoms with Gasteiger partial charge in [-0.3, -0.25) is 0 Å². The lowest BCUT2D eigenvalue weighted by Crippen LogP contribution is -2.16. The third-order valence-corrected chi connectivity index (χ3v) is 2.60. The zero-order chi connectivity index (χ0) is 12.7. The predicted octanol–water partition coefficient (Wildman–Crippen LogP) is 2.13. The van der Waals surface area contributed by atoms with Crippen molar-refractivity contribution >= 4 is 0 Å². The van der Waals surface area contributed by atoms with E-state index in [9.17, 15) is 0 Å². The largest absolute Gasteiger partial charge is 0.373 e. The number of rotatable bonds is 7. The predicted molar refractivity (Wildman–Crippen MR) is 68.8 cm³/mol. The van der Waals surface area contributed by atoms with Crippen LogP contribution in [0.4, 0.5) is 0 Å². The Balaban J connectivity index is 2.71. The second kappa shape index (κ2) is 7.35. The van der Waals surface area contributed by atoms with Crippen LogP contribution in [0.2, 0.25) is 0 Å². The van der Waals surface area contributed by atoms with E-state index in [1.165, 1.54) is 5.56 Å². The number of hydrogen-bond acceptors (Lipinski definition) is 4. The Morgan fingerprint density at radius 3 is 2.29 bits per heavy atom. The van der Waals surface area contributed by atoms with Crippen molar-refractivity contribution in [2.75, 3.05) is 13.2 Å². The highest BCUT2D eigenvalue weighted by Gasteiger charge is 2.07. The Labute approximate surface area is 104 Å². The van der Waals surface area contributed by atoms with Crippen LogP contribution in [0.25, 0.3) is 0 Å². The van der Waals surface area contributed by atoms with Crippen LogP contribution in [0, 0.1) is 13.8 Å². The number of nitrogens with zero attached hydrogens (tertiary/aromatic N) is 2. The molecule has 1 rings (SSSR count). The zero-order valence-corrected chi connectivity index (χ0v) is 11.3. The summed E-state index contributed by atoms with van der Waals surface area (Å²) in [4.78, 5) is 8.97. The first-order chi connectivity index (χ1) is 8.19. The van der Waals surface area contributed by atoms with Crippen LogP contribution < -0.4 is 5.32 Å². The molecule has 0 fully saturated rings. The highest BCUT2D eigenvalue weighted by molar-refractivity contribution is 5.24. The van der Waals surface area contributed by atoms with Crippen LogP contribution >= 0.6 is 0 Å². The lowest BCUT2D eigenvalue weighted by atomic mass is 10.1. The third-order valence-electron chi connectivity index (χ3n) is 2.60. The summed E-state index contributed by atoms with van der Waals surface area (Å²) in [5.74, 6) is 0.786. The van der Waals surface area contributed by atoms with Gasteiger partial charge in [-0.1, -0.05) is 13.8 Å². The van der Waals surface area contributed by atoms with Gasteiger partial charge in [0.2, 0.25) is 0 Å². The first-order valence-corrected chi connectivity index (χ1v) is 6.30. The molecule has 0 aliphatic rings. The molecule has 1 heterocycles. The fourth-order valence-electron chi connectivity index (χ4n) is 1.69. The van der Waals surface area contributed by atoms with E-state index in [1.807, 2.05) is 13.8 Å². The highest BCUT2D eigenvalue weighted by atomic mass is 16.5. The molecular formula is C13H23N3O. The SMILES string of the molecule is CCCOCc1nc(C)c(CNCC)c(C)n1. The summed E-state index contributed by atoms with van der Waals surface area (Å²) in [6, 6.07) is 0. The maximum Gasteiger partial charge on any atom is 0.154 e. The molecule has 1 aromatic rings. The molecule has 0 saturated carbocycles. The van der Waals surface area contributed by atoms with Gasteiger partial charge < -0.3 is 10.1 Å². The minimum Gasteiger partial charge on any atom is -0.373 e. The fourth-order valence-corrected chi connectivity index (χ4v) is 1.69. The first-order valence-electron chi connectivity index (χ1n) is 6.30. The van der Waals surface area contributed by atoms with E-state index in [2.05, 4.69) is 29.1 Å². The van der Waals surface area contributed by atoms with Crippen LogP contribution in [-0.4, -0.2) is 23.1 Å². The molecule has 0 amide bonds. The van der Waals surface area contributed by atoms with Gasteiger partial charge in [0.25, 0.3) is 0 Å². The van der Waals surface area contributed by atoms with Gasteiger partial charge in [0.1, 0.15) is 6.61 Å². The monoisotopic (exact) mass is 237 g/mol. The van der Waals surface area contributed by atoms with Gasteiger partial charge in [-0.05, 0) is 26.8 Å². The summed E-state index contributed by atoms with van der Waals surface area (Å²) in [5, 5.41) is 3.31. The van der Waals surface area contributed by atoms with Gasteiger partial charge in [-0.2, -0.15) is 0 Å². The van der Waals surface area contributed by atoms with E-state index >= 15 is 0 Å². The van der Waals surface area contributed by atoms with Crippen LogP contribution in [0.3, 0.4) is 0 Å². The minimum absolute atomic E-state index is 0.511. The molecule has 4 heteroatoms. The number of aryl methyl sites for hydroxylation is 2. The van der Waals surface area contributed by atoms with Crippen molar-refractivity contribution in [3.63, 3.8) is 0 Å². The Bertz CT molecular complexity index is 330. The van der Waals surface area contributed by atoms with Gasteiger partial charge in [0.05, 0.1) is 0 Å².